The highest BCUT2D eigenvalue weighted by Gasteiger charge is 2.33. The number of hydrogen-bond donors (Lipinski definition) is 3. The third-order valence-corrected chi connectivity index (χ3v) is 7.57. The number of hydrogen-bond acceptors (Lipinski definition) is 7. The van der Waals surface area contributed by atoms with Crippen molar-refractivity contribution in [3.8, 4) is 5.75 Å². The maximum atomic E-state index is 13.2. The van der Waals surface area contributed by atoms with Crippen LogP contribution in [0.1, 0.15) is 30.9 Å². The van der Waals surface area contributed by atoms with Gasteiger partial charge in [0.05, 0.1) is 16.4 Å². The quantitative estimate of drug-likeness (QED) is 0.314. The number of fused-ring (bicyclic) bond motifs is 1. The van der Waals surface area contributed by atoms with Gasteiger partial charge < -0.3 is 30.7 Å². The van der Waals surface area contributed by atoms with Gasteiger partial charge in [-0.1, -0.05) is 24.3 Å². The van der Waals surface area contributed by atoms with E-state index in [0.29, 0.717) is 48.2 Å². The SMILES string of the molecule is CC(N)=C=C=NC=C=C=NC(=O)[C@@H](Cc1ccc(O)c(Br)c1)OC(=O)N1CCC(N2CCc3ccccc3NC2=O)CC1. The zero-order valence-corrected chi connectivity index (χ0v) is 25.1. The number of ether oxygens (including phenoxy) is 1. The molecule has 1 atom stereocenters. The monoisotopic (exact) mass is 646 g/mol. The molecule has 2 aromatic carbocycles. The fraction of sp³-hybridized carbons (Fsp3) is 0.323. The summed E-state index contributed by atoms with van der Waals surface area (Å²) in [6.07, 6.45) is 1.17. The topological polar surface area (TPSA) is 150 Å². The van der Waals surface area contributed by atoms with E-state index < -0.39 is 18.1 Å². The summed E-state index contributed by atoms with van der Waals surface area (Å²) in [6, 6.07) is 12.3. The van der Waals surface area contributed by atoms with E-state index in [1.165, 1.54) is 17.2 Å². The number of benzene rings is 2. The summed E-state index contributed by atoms with van der Waals surface area (Å²) in [5.41, 5.74) is 13.4. The summed E-state index contributed by atoms with van der Waals surface area (Å²) in [7, 11) is 0. The number of phenolic OH excluding ortho intramolecular Hbond substituents is 1. The first kappa shape index (κ1) is 31.1. The highest BCUT2D eigenvalue weighted by Crippen LogP contribution is 2.27. The second-order valence-corrected chi connectivity index (χ2v) is 10.8. The van der Waals surface area contributed by atoms with Gasteiger partial charge in [-0.15, -0.1) is 0 Å². The van der Waals surface area contributed by atoms with Crippen molar-refractivity contribution in [2.24, 2.45) is 15.7 Å². The van der Waals surface area contributed by atoms with Gasteiger partial charge in [-0.3, -0.25) is 4.79 Å². The summed E-state index contributed by atoms with van der Waals surface area (Å²) < 4.78 is 6.08. The maximum Gasteiger partial charge on any atom is 0.410 e. The van der Waals surface area contributed by atoms with Crippen LogP contribution in [0.5, 0.6) is 5.75 Å². The molecule has 0 unspecified atom stereocenters. The molecule has 0 saturated carbocycles. The maximum absolute atomic E-state index is 13.2. The predicted octanol–water partition coefficient (Wildman–Crippen LogP) is 4.31. The van der Waals surface area contributed by atoms with Crippen LogP contribution in [-0.2, 0) is 22.4 Å². The van der Waals surface area contributed by atoms with E-state index in [1.54, 1.807) is 19.1 Å². The van der Waals surface area contributed by atoms with E-state index in [2.05, 4.69) is 54.4 Å². The van der Waals surface area contributed by atoms with Gasteiger partial charge in [0, 0.05) is 49.5 Å². The van der Waals surface area contributed by atoms with Gasteiger partial charge >= 0.3 is 12.1 Å². The van der Waals surface area contributed by atoms with Crippen LogP contribution in [0.15, 0.2) is 80.3 Å². The molecule has 2 aromatic rings. The number of aliphatic imine (C=N–C) groups is 2. The summed E-state index contributed by atoms with van der Waals surface area (Å²) >= 11 is 3.26. The molecule has 4 rings (SSSR count). The highest BCUT2D eigenvalue weighted by atomic mass is 79.9. The Bertz CT molecular complexity index is 1590. The van der Waals surface area contributed by atoms with Crippen LogP contribution < -0.4 is 11.1 Å². The highest BCUT2D eigenvalue weighted by molar-refractivity contribution is 9.10. The number of carbonyl (C=O) groups excluding carboxylic acids is 3. The van der Waals surface area contributed by atoms with Crippen LogP contribution in [0.2, 0.25) is 0 Å². The minimum Gasteiger partial charge on any atom is -0.507 e. The standard InChI is InChI=1S/C31H31BrN6O5/c1-21(33)9-15-34-13-4-14-35-29(40)28(20-22-7-8-27(39)25(32)19-22)43-31(42)37-16-11-24(12-17-37)38-18-10-23-5-2-3-6-26(23)36-30(38)41/h2-3,5-8,13,19,24,28,39H,10-12,16-18,20,33H2,1H3,(H,36,41)/t28-/m1/s1. The van der Waals surface area contributed by atoms with Gasteiger partial charge in [-0.05, 0) is 82.9 Å². The van der Waals surface area contributed by atoms with Crippen molar-refractivity contribution >= 4 is 51.4 Å². The van der Waals surface area contributed by atoms with Crippen molar-refractivity contribution in [1.29, 1.82) is 0 Å². The number of carbonyl (C=O) groups is 3. The van der Waals surface area contributed by atoms with Crippen LogP contribution in [0, 0.1) is 0 Å². The number of likely N-dealkylation sites (tertiary alicyclic amines) is 1. The number of piperidine rings is 1. The molecular weight excluding hydrogens is 616 g/mol. The fourth-order valence-electron chi connectivity index (χ4n) is 4.74. The second kappa shape index (κ2) is 14.9. The molecular formula is C31H31BrN6O5. The summed E-state index contributed by atoms with van der Waals surface area (Å²) in [4.78, 5) is 49.8. The number of rotatable bonds is 6. The molecule has 2 aliphatic heterocycles. The Labute approximate surface area is 257 Å². The average molecular weight is 648 g/mol. The summed E-state index contributed by atoms with van der Waals surface area (Å²) in [5, 5.41) is 12.8. The molecule has 4 amide bonds. The number of nitrogens with one attached hydrogen (secondary N) is 1. The van der Waals surface area contributed by atoms with Crippen LogP contribution in [0.4, 0.5) is 15.3 Å². The van der Waals surface area contributed by atoms with Gasteiger partial charge in [0.1, 0.15) is 5.75 Å². The number of allylic oxidation sites excluding steroid dienone is 1. The number of nitrogens with zero attached hydrogens (tertiary/aromatic N) is 4. The first-order valence-electron chi connectivity index (χ1n) is 13.7. The smallest absolute Gasteiger partial charge is 0.410 e. The van der Waals surface area contributed by atoms with Crippen molar-refractivity contribution in [3.05, 3.63) is 81.4 Å². The zero-order chi connectivity index (χ0) is 30.8. The summed E-state index contributed by atoms with van der Waals surface area (Å²) in [6.45, 7) is 2.94. The number of aromatic hydroxyl groups is 1. The van der Waals surface area contributed by atoms with Crippen molar-refractivity contribution in [3.63, 3.8) is 0 Å². The summed E-state index contributed by atoms with van der Waals surface area (Å²) in [5.74, 6) is 4.07. The van der Waals surface area contributed by atoms with Crippen molar-refractivity contribution in [2.75, 3.05) is 25.0 Å². The van der Waals surface area contributed by atoms with Gasteiger partial charge in [0.25, 0.3) is 5.91 Å². The van der Waals surface area contributed by atoms with Gasteiger partial charge in [0.15, 0.2) is 6.10 Å². The number of phenols is 1. The number of amides is 4. The second-order valence-electron chi connectivity index (χ2n) is 10.00. The van der Waals surface area contributed by atoms with Crippen LogP contribution in [0.25, 0.3) is 0 Å². The zero-order valence-electron chi connectivity index (χ0n) is 23.5. The van der Waals surface area contributed by atoms with Gasteiger partial charge in [-0.25, -0.2) is 9.59 Å². The molecule has 0 spiro atoms. The van der Waals surface area contributed by atoms with E-state index in [-0.39, 0.29) is 24.2 Å². The largest absolute Gasteiger partial charge is 0.507 e. The van der Waals surface area contributed by atoms with E-state index in [1.807, 2.05) is 29.2 Å². The van der Waals surface area contributed by atoms with Gasteiger partial charge in [-0.2, -0.15) is 9.98 Å². The number of para-hydroxylation sites is 1. The Morgan fingerprint density at radius 2 is 1.98 bits per heavy atom. The molecule has 1 fully saturated rings. The van der Waals surface area contributed by atoms with E-state index in [4.69, 9.17) is 10.5 Å². The first-order valence-corrected chi connectivity index (χ1v) is 14.5. The molecule has 0 aromatic heterocycles. The number of anilines is 1. The minimum absolute atomic E-state index is 0.0186. The number of urea groups is 1. The molecule has 2 heterocycles. The molecule has 0 radical (unpaired) electrons. The lowest BCUT2D eigenvalue weighted by Gasteiger charge is -2.37. The van der Waals surface area contributed by atoms with Crippen molar-refractivity contribution < 1.29 is 24.2 Å². The molecule has 11 nitrogen and oxygen atoms in total. The Kier molecular flexibility index (Phi) is 10.8. The predicted molar refractivity (Wildman–Crippen MR) is 165 cm³/mol. The minimum atomic E-state index is -1.25. The average Bonchev–Trinajstić information content (AvgIpc) is 3.16. The lowest BCUT2D eigenvalue weighted by Crippen LogP contribution is -2.50. The van der Waals surface area contributed by atoms with Crippen LogP contribution in [-0.4, -0.2) is 76.5 Å². The Hall–Kier alpha value is -4.81. The lowest BCUT2D eigenvalue weighted by atomic mass is 10.0. The molecule has 12 heteroatoms. The van der Waals surface area contributed by atoms with Gasteiger partial charge in [0.2, 0.25) is 0 Å². The molecule has 0 bridgehead atoms. The third-order valence-electron chi connectivity index (χ3n) is 6.93. The van der Waals surface area contributed by atoms with Crippen LogP contribution >= 0.6 is 15.9 Å². The number of nitrogens with two attached hydrogens (primary N) is 1. The Morgan fingerprint density at radius 1 is 1.21 bits per heavy atom. The van der Waals surface area contributed by atoms with E-state index >= 15 is 0 Å². The number of halogens is 1. The van der Waals surface area contributed by atoms with Crippen molar-refractivity contribution in [1.82, 2.24) is 9.80 Å². The Balaban J connectivity index is 1.41. The van der Waals surface area contributed by atoms with E-state index in [9.17, 15) is 19.5 Å². The molecule has 0 aliphatic carbocycles. The molecule has 2 aliphatic rings. The fourth-order valence-corrected chi connectivity index (χ4v) is 5.16. The van der Waals surface area contributed by atoms with Crippen LogP contribution in [0.3, 0.4) is 0 Å². The molecule has 43 heavy (non-hydrogen) atoms. The lowest BCUT2D eigenvalue weighted by molar-refractivity contribution is -0.126. The molecule has 4 N–H and O–H groups in total. The van der Waals surface area contributed by atoms with Crippen molar-refractivity contribution in [2.45, 2.75) is 44.8 Å². The van der Waals surface area contributed by atoms with E-state index in [0.717, 1.165) is 17.7 Å². The first-order chi connectivity index (χ1) is 20.7. The normalized spacial score (nSPS) is 15.2. The third kappa shape index (κ3) is 8.84. The Morgan fingerprint density at radius 3 is 2.72 bits per heavy atom. The molecule has 222 valence electrons. The molecule has 1 saturated heterocycles.